The van der Waals surface area contributed by atoms with Gasteiger partial charge in [0, 0.05) is 18.7 Å². The SMILES string of the molecule is Cc1cc(C)c2sc(N(CCN(C)C)C(=O)c3ccc(F)cc3)nc2c1.Cl. The molecule has 4 nitrogen and oxygen atoms in total. The quantitative estimate of drug-likeness (QED) is 0.616. The molecule has 0 N–H and O–H groups in total. The number of halogens is 2. The third-order valence-corrected chi connectivity index (χ3v) is 5.38. The zero-order valence-electron chi connectivity index (χ0n) is 15.8. The maximum absolute atomic E-state index is 13.2. The van der Waals surface area contributed by atoms with Gasteiger partial charge in [0.05, 0.1) is 10.2 Å². The van der Waals surface area contributed by atoms with Crippen LogP contribution in [0.15, 0.2) is 36.4 Å². The Morgan fingerprint density at radius 2 is 1.78 bits per heavy atom. The summed E-state index contributed by atoms with van der Waals surface area (Å²) in [5.74, 6) is -0.521. The van der Waals surface area contributed by atoms with Crippen molar-refractivity contribution in [3.05, 3.63) is 58.9 Å². The van der Waals surface area contributed by atoms with Crippen molar-refractivity contribution in [1.29, 1.82) is 0 Å². The lowest BCUT2D eigenvalue weighted by Crippen LogP contribution is -2.36. The number of anilines is 1. The first-order valence-electron chi connectivity index (χ1n) is 8.45. The van der Waals surface area contributed by atoms with Crippen LogP contribution in [0.25, 0.3) is 10.2 Å². The monoisotopic (exact) mass is 407 g/mol. The third kappa shape index (κ3) is 4.83. The lowest BCUT2D eigenvalue weighted by Gasteiger charge is -2.22. The van der Waals surface area contributed by atoms with E-state index >= 15 is 0 Å². The summed E-state index contributed by atoms with van der Waals surface area (Å²) >= 11 is 1.52. The molecule has 1 aromatic heterocycles. The second-order valence-corrected chi connectivity index (χ2v) is 7.67. The van der Waals surface area contributed by atoms with Gasteiger partial charge < -0.3 is 4.90 Å². The molecule has 0 radical (unpaired) electrons. The number of carbonyl (C=O) groups is 1. The number of hydrogen-bond donors (Lipinski definition) is 0. The molecule has 0 aliphatic carbocycles. The van der Waals surface area contributed by atoms with E-state index in [2.05, 4.69) is 13.0 Å². The molecule has 0 spiro atoms. The van der Waals surface area contributed by atoms with Gasteiger partial charge in [-0.2, -0.15) is 0 Å². The topological polar surface area (TPSA) is 36.4 Å². The van der Waals surface area contributed by atoms with Gasteiger partial charge in [0.2, 0.25) is 0 Å². The van der Waals surface area contributed by atoms with Crippen LogP contribution in [0.3, 0.4) is 0 Å². The van der Waals surface area contributed by atoms with Crippen LogP contribution in [0.1, 0.15) is 21.5 Å². The van der Waals surface area contributed by atoms with E-state index in [0.29, 0.717) is 23.8 Å². The van der Waals surface area contributed by atoms with Crippen LogP contribution in [-0.4, -0.2) is 43.0 Å². The predicted octanol–water partition coefficient (Wildman–Crippen LogP) is 4.68. The second kappa shape index (κ2) is 8.78. The largest absolute Gasteiger partial charge is 0.308 e. The van der Waals surface area contributed by atoms with Crippen molar-refractivity contribution < 1.29 is 9.18 Å². The Balaban J connectivity index is 0.00000261. The standard InChI is InChI=1S/C20H22FN3OS.ClH/c1-13-11-14(2)18-17(12-13)22-20(26-18)24(10-9-23(3)4)19(25)15-5-7-16(21)8-6-15;/h5-8,11-12H,9-10H2,1-4H3;1H. The number of aromatic nitrogens is 1. The fourth-order valence-electron chi connectivity index (χ4n) is 2.81. The van der Waals surface area contributed by atoms with Gasteiger partial charge in [0.1, 0.15) is 5.82 Å². The van der Waals surface area contributed by atoms with Crippen LogP contribution in [0.5, 0.6) is 0 Å². The molecule has 7 heteroatoms. The van der Waals surface area contributed by atoms with E-state index in [1.165, 1.54) is 35.6 Å². The molecule has 0 aliphatic heterocycles. The van der Waals surface area contributed by atoms with Gasteiger partial charge in [-0.05, 0) is 69.4 Å². The van der Waals surface area contributed by atoms with Crippen molar-refractivity contribution in [2.24, 2.45) is 0 Å². The number of likely N-dealkylation sites (N-methyl/N-ethyl adjacent to an activating group) is 1. The summed E-state index contributed by atoms with van der Waals surface area (Å²) in [7, 11) is 3.93. The van der Waals surface area contributed by atoms with E-state index < -0.39 is 0 Å². The third-order valence-electron chi connectivity index (χ3n) is 4.15. The van der Waals surface area contributed by atoms with E-state index in [1.54, 1.807) is 4.90 Å². The number of benzene rings is 2. The van der Waals surface area contributed by atoms with Crippen LogP contribution in [-0.2, 0) is 0 Å². The lowest BCUT2D eigenvalue weighted by molar-refractivity contribution is 0.0985. The van der Waals surface area contributed by atoms with Crippen LogP contribution < -0.4 is 4.90 Å². The van der Waals surface area contributed by atoms with Crippen LogP contribution in [0.4, 0.5) is 9.52 Å². The van der Waals surface area contributed by atoms with Gasteiger partial charge in [-0.3, -0.25) is 9.69 Å². The van der Waals surface area contributed by atoms with E-state index in [4.69, 9.17) is 4.98 Å². The van der Waals surface area contributed by atoms with Crippen molar-refractivity contribution in [2.45, 2.75) is 13.8 Å². The molecular formula is C20H23ClFN3OS. The second-order valence-electron chi connectivity index (χ2n) is 6.69. The van der Waals surface area contributed by atoms with Gasteiger partial charge in [0.25, 0.3) is 5.91 Å². The van der Waals surface area contributed by atoms with Crippen molar-refractivity contribution >= 4 is 45.0 Å². The van der Waals surface area contributed by atoms with Crippen molar-refractivity contribution in [1.82, 2.24) is 9.88 Å². The van der Waals surface area contributed by atoms with Gasteiger partial charge in [-0.15, -0.1) is 12.4 Å². The summed E-state index contributed by atoms with van der Waals surface area (Å²) < 4.78 is 14.3. The molecule has 0 saturated heterocycles. The van der Waals surface area contributed by atoms with E-state index in [0.717, 1.165) is 21.3 Å². The fourth-order valence-corrected chi connectivity index (χ4v) is 3.85. The van der Waals surface area contributed by atoms with E-state index in [9.17, 15) is 9.18 Å². The first kappa shape index (κ1) is 21.3. The smallest absolute Gasteiger partial charge is 0.260 e. The van der Waals surface area contributed by atoms with Crippen molar-refractivity contribution in [2.75, 3.05) is 32.1 Å². The first-order valence-corrected chi connectivity index (χ1v) is 9.27. The molecule has 3 aromatic rings. The molecule has 3 rings (SSSR count). The van der Waals surface area contributed by atoms with Crippen LogP contribution in [0, 0.1) is 19.7 Å². The molecule has 0 bridgehead atoms. The Kier molecular flexibility index (Phi) is 6.92. The number of amides is 1. The summed E-state index contributed by atoms with van der Waals surface area (Å²) in [6.45, 7) is 5.32. The number of thiazole rings is 1. The lowest BCUT2D eigenvalue weighted by atomic mass is 10.1. The zero-order chi connectivity index (χ0) is 18.8. The minimum Gasteiger partial charge on any atom is -0.308 e. The molecule has 1 heterocycles. The maximum Gasteiger partial charge on any atom is 0.260 e. The summed E-state index contributed by atoms with van der Waals surface area (Å²) in [6.07, 6.45) is 0. The Labute approximate surface area is 169 Å². The molecule has 27 heavy (non-hydrogen) atoms. The minimum absolute atomic E-state index is 0. The van der Waals surface area contributed by atoms with Gasteiger partial charge in [0.15, 0.2) is 5.13 Å². The highest BCUT2D eigenvalue weighted by atomic mass is 35.5. The fraction of sp³-hybridized carbons (Fsp3) is 0.300. The summed E-state index contributed by atoms with van der Waals surface area (Å²) in [6, 6.07) is 9.81. The number of rotatable bonds is 5. The Morgan fingerprint density at radius 3 is 2.41 bits per heavy atom. The highest BCUT2D eigenvalue weighted by molar-refractivity contribution is 7.22. The molecule has 0 atom stereocenters. The number of carbonyl (C=O) groups excluding carboxylic acids is 1. The van der Waals surface area contributed by atoms with E-state index in [1.807, 2.05) is 32.0 Å². The molecule has 1 amide bonds. The average Bonchev–Trinajstić information content (AvgIpc) is 2.99. The highest BCUT2D eigenvalue weighted by Gasteiger charge is 2.22. The molecule has 144 valence electrons. The van der Waals surface area contributed by atoms with E-state index in [-0.39, 0.29) is 24.1 Å². The zero-order valence-corrected chi connectivity index (χ0v) is 17.5. The molecule has 2 aromatic carbocycles. The number of aryl methyl sites for hydroxylation is 2. The normalized spacial score (nSPS) is 10.9. The Morgan fingerprint density at radius 1 is 1.11 bits per heavy atom. The minimum atomic E-state index is -0.354. The van der Waals surface area contributed by atoms with Crippen LogP contribution in [0.2, 0.25) is 0 Å². The van der Waals surface area contributed by atoms with Gasteiger partial charge in [-0.25, -0.2) is 9.37 Å². The number of nitrogens with zero attached hydrogens (tertiary/aromatic N) is 3. The molecule has 0 fully saturated rings. The predicted molar refractivity (Wildman–Crippen MR) is 113 cm³/mol. The van der Waals surface area contributed by atoms with Gasteiger partial charge >= 0.3 is 0 Å². The summed E-state index contributed by atoms with van der Waals surface area (Å²) in [5.41, 5.74) is 3.67. The molecular weight excluding hydrogens is 385 g/mol. The number of hydrogen-bond acceptors (Lipinski definition) is 4. The maximum atomic E-state index is 13.2. The molecule has 0 unspecified atom stereocenters. The Bertz CT molecular complexity index is 940. The average molecular weight is 408 g/mol. The first-order chi connectivity index (χ1) is 12.3. The molecule has 0 saturated carbocycles. The van der Waals surface area contributed by atoms with Crippen molar-refractivity contribution in [3.8, 4) is 0 Å². The molecule has 0 aliphatic rings. The number of fused-ring (bicyclic) bond motifs is 1. The van der Waals surface area contributed by atoms with Gasteiger partial charge in [-0.1, -0.05) is 17.4 Å². The van der Waals surface area contributed by atoms with Crippen molar-refractivity contribution in [3.63, 3.8) is 0 Å². The Hall–Kier alpha value is -2.02. The summed E-state index contributed by atoms with van der Waals surface area (Å²) in [4.78, 5) is 21.5. The summed E-state index contributed by atoms with van der Waals surface area (Å²) in [5, 5.41) is 0.671. The highest BCUT2D eigenvalue weighted by Crippen LogP contribution is 2.32. The van der Waals surface area contributed by atoms with Crippen LogP contribution >= 0.6 is 23.7 Å².